The largest absolute Gasteiger partial charge is 0.0622 e. The second-order valence-electron chi connectivity index (χ2n) is 24.8. The van der Waals surface area contributed by atoms with Crippen molar-refractivity contribution in [2.75, 3.05) is 0 Å². The van der Waals surface area contributed by atoms with Crippen LogP contribution in [0.4, 0.5) is 0 Å². The Bertz CT molecular complexity index is 4990. The molecule has 0 radical (unpaired) electrons. The minimum absolute atomic E-state index is 0.178. The van der Waals surface area contributed by atoms with Crippen LogP contribution in [0.15, 0.2) is 303 Å². The lowest BCUT2D eigenvalue weighted by atomic mass is 9.79. The Hall–Kier alpha value is -10.4. The predicted molar refractivity (Wildman–Crippen MR) is 366 cm³/mol. The molecule has 0 N–H and O–H groups in total. The van der Waals surface area contributed by atoms with E-state index in [-0.39, 0.29) is 10.8 Å². The van der Waals surface area contributed by atoms with Gasteiger partial charge >= 0.3 is 0 Å². The van der Waals surface area contributed by atoms with Crippen molar-refractivity contribution in [1.29, 1.82) is 0 Å². The SMILES string of the molecule is CC1(C)c2cc(-c3ccc(-c4ccc(-c5cc(-c6ccccc6)cc(-c6cccc7ccccc67)c5)cc4)cc3)ccc2-c2ccc(-c3ccc4c(c3)C(C)(C)c3cc(-c5cc(-c6ccccc6)cc(-c6cccc7ccccc67)c5)ccc3-4)cc21. The smallest absolute Gasteiger partial charge is 0.0159 e. The molecular formula is C86H62. The Morgan fingerprint density at radius 2 is 0.407 bits per heavy atom. The summed E-state index contributed by atoms with van der Waals surface area (Å²) in [6, 6.07) is 113. The number of hydrogen-bond acceptors (Lipinski definition) is 0. The van der Waals surface area contributed by atoms with Crippen molar-refractivity contribution in [3.63, 3.8) is 0 Å². The third kappa shape index (κ3) is 8.66. The molecule has 0 heterocycles. The molecule has 0 spiro atoms. The second kappa shape index (κ2) is 20.2. The van der Waals surface area contributed by atoms with Crippen LogP contribution < -0.4 is 0 Å². The van der Waals surface area contributed by atoms with Crippen LogP contribution in [-0.2, 0) is 10.8 Å². The number of fused-ring (bicyclic) bond motifs is 8. The summed E-state index contributed by atoms with van der Waals surface area (Å²) in [5.74, 6) is 0. The molecule has 0 aliphatic heterocycles. The summed E-state index contributed by atoms with van der Waals surface area (Å²) in [6.07, 6.45) is 0. The van der Waals surface area contributed by atoms with E-state index in [9.17, 15) is 0 Å². The van der Waals surface area contributed by atoms with E-state index in [4.69, 9.17) is 0 Å². The van der Waals surface area contributed by atoms with E-state index in [0.29, 0.717) is 0 Å². The molecule has 2 aliphatic rings. The third-order valence-electron chi connectivity index (χ3n) is 19.1. The summed E-state index contributed by atoms with van der Waals surface area (Å²) < 4.78 is 0. The molecular weight excluding hydrogens is 1030 g/mol. The third-order valence-corrected chi connectivity index (χ3v) is 19.1. The van der Waals surface area contributed by atoms with Gasteiger partial charge in [-0.25, -0.2) is 0 Å². The fraction of sp³-hybridized carbons (Fsp3) is 0.0698. The molecule has 0 heteroatoms. The van der Waals surface area contributed by atoms with Gasteiger partial charge in [0, 0.05) is 10.8 Å². The van der Waals surface area contributed by atoms with Gasteiger partial charge in [-0.15, -0.1) is 0 Å². The summed E-state index contributed by atoms with van der Waals surface area (Å²) in [6.45, 7) is 9.63. The standard InChI is InChI=1S/C86H62/c1-85(2)81-51-63(59-33-29-57(30-34-59)58-31-35-60(36-32-58)69-45-67(55-17-7-5-8-18-55)47-71(49-69)75-27-15-23-61-21-11-13-25-73(61)75)37-41-77(81)78-42-38-64(52-82(78)85)65-39-43-79-80-44-40-66(54-84(80)86(3,4)83(79)53-65)70-46-68(56-19-9-6-10-20-56)48-72(50-70)76-28-16-24-62-22-12-14-26-74(62)76/h5-54H,1-4H3. The van der Waals surface area contributed by atoms with E-state index in [1.165, 1.54) is 166 Å². The quantitative estimate of drug-likeness (QED) is 0.135. The molecule has 16 rings (SSSR count). The van der Waals surface area contributed by atoms with Gasteiger partial charge in [0.25, 0.3) is 0 Å². The highest BCUT2D eigenvalue weighted by Crippen LogP contribution is 2.54. The Kier molecular flexibility index (Phi) is 12.0. The number of hydrogen-bond donors (Lipinski definition) is 0. The van der Waals surface area contributed by atoms with E-state index in [1.54, 1.807) is 0 Å². The topological polar surface area (TPSA) is 0 Å². The van der Waals surface area contributed by atoms with E-state index >= 15 is 0 Å². The Morgan fingerprint density at radius 1 is 0.163 bits per heavy atom. The molecule has 86 heavy (non-hydrogen) atoms. The van der Waals surface area contributed by atoms with Crippen molar-refractivity contribution < 1.29 is 0 Å². The van der Waals surface area contributed by atoms with Gasteiger partial charge in [-0.05, 0) is 227 Å². The summed E-state index contributed by atoms with van der Waals surface area (Å²) in [5, 5.41) is 5.03. The predicted octanol–water partition coefficient (Wildman–Crippen LogP) is 23.6. The van der Waals surface area contributed by atoms with Crippen LogP contribution in [0.25, 0.3) is 144 Å². The van der Waals surface area contributed by atoms with Gasteiger partial charge in [-0.2, -0.15) is 0 Å². The molecule has 14 aromatic rings. The average molecular weight is 1100 g/mol. The fourth-order valence-corrected chi connectivity index (χ4v) is 14.4. The fourth-order valence-electron chi connectivity index (χ4n) is 14.4. The second-order valence-corrected chi connectivity index (χ2v) is 24.8. The zero-order valence-electron chi connectivity index (χ0n) is 48.9. The van der Waals surface area contributed by atoms with Crippen molar-refractivity contribution in [3.05, 3.63) is 326 Å². The van der Waals surface area contributed by atoms with Crippen molar-refractivity contribution in [2.24, 2.45) is 0 Å². The first-order valence-corrected chi connectivity index (χ1v) is 30.3. The number of benzene rings is 14. The molecule has 14 aromatic carbocycles. The zero-order valence-corrected chi connectivity index (χ0v) is 48.9. The summed E-state index contributed by atoms with van der Waals surface area (Å²) in [5.41, 5.74) is 32.5. The van der Waals surface area contributed by atoms with Crippen LogP contribution in [0, 0.1) is 0 Å². The van der Waals surface area contributed by atoms with Gasteiger partial charge in [-0.1, -0.05) is 270 Å². The normalized spacial score (nSPS) is 13.3. The first-order valence-electron chi connectivity index (χ1n) is 30.3. The van der Waals surface area contributed by atoms with Gasteiger partial charge < -0.3 is 0 Å². The van der Waals surface area contributed by atoms with E-state index in [2.05, 4.69) is 331 Å². The lowest BCUT2D eigenvalue weighted by Crippen LogP contribution is -2.15. The molecule has 0 nitrogen and oxygen atoms in total. The Morgan fingerprint density at radius 3 is 0.779 bits per heavy atom. The van der Waals surface area contributed by atoms with E-state index in [1.807, 2.05) is 0 Å². The maximum Gasteiger partial charge on any atom is 0.0159 e. The molecule has 0 aromatic heterocycles. The highest BCUT2D eigenvalue weighted by molar-refractivity contribution is 6.00. The Balaban J connectivity index is 0.661. The minimum Gasteiger partial charge on any atom is -0.0622 e. The lowest BCUT2D eigenvalue weighted by molar-refractivity contribution is 0.660. The van der Waals surface area contributed by atoms with Gasteiger partial charge in [-0.3, -0.25) is 0 Å². The van der Waals surface area contributed by atoms with Crippen molar-refractivity contribution in [2.45, 2.75) is 38.5 Å². The first kappa shape index (κ1) is 51.3. The highest BCUT2D eigenvalue weighted by atomic mass is 14.4. The lowest BCUT2D eigenvalue weighted by Gasteiger charge is -2.24. The highest BCUT2D eigenvalue weighted by Gasteiger charge is 2.38. The summed E-state index contributed by atoms with van der Waals surface area (Å²) in [7, 11) is 0. The zero-order chi connectivity index (χ0) is 57.7. The molecule has 0 bridgehead atoms. The maximum atomic E-state index is 2.48. The Labute approximate surface area is 505 Å². The van der Waals surface area contributed by atoms with Crippen molar-refractivity contribution in [3.8, 4) is 122 Å². The van der Waals surface area contributed by atoms with Crippen LogP contribution in [0.1, 0.15) is 49.9 Å². The van der Waals surface area contributed by atoms with Crippen molar-refractivity contribution in [1.82, 2.24) is 0 Å². The van der Waals surface area contributed by atoms with E-state index < -0.39 is 0 Å². The molecule has 2 aliphatic carbocycles. The van der Waals surface area contributed by atoms with Crippen LogP contribution in [0.5, 0.6) is 0 Å². The number of rotatable bonds is 9. The van der Waals surface area contributed by atoms with Gasteiger partial charge in [0.2, 0.25) is 0 Å². The van der Waals surface area contributed by atoms with Crippen LogP contribution >= 0.6 is 0 Å². The van der Waals surface area contributed by atoms with E-state index in [0.717, 1.165) is 0 Å². The molecule has 0 saturated heterocycles. The first-order chi connectivity index (χ1) is 42.1. The summed E-state index contributed by atoms with van der Waals surface area (Å²) in [4.78, 5) is 0. The molecule has 0 fully saturated rings. The van der Waals surface area contributed by atoms with Crippen LogP contribution in [0.3, 0.4) is 0 Å². The van der Waals surface area contributed by atoms with Crippen molar-refractivity contribution >= 4 is 21.5 Å². The average Bonchev–Trinajstić information content (AvgIpc) is 1.75. The maximum absolute atomic E-state index is 2.48. The van der Waals surface area contributed by atoms with Crippen LogP contribution in [0.2, 0.25) is 0 Å². The van der Waals surface area contributed by atoms with Crippen LogP contribution in [-0.4, -0.2) is 0 Å². The van der Waals surface area contributed by atoms with Gasteiger partial charge in [0.05, 0.1) is 0 Å². The van der Waals surface area contributed by atoms with Gasteiger partial charge in [0.15, 0.2) is 0 Å². The minimum atomic E-state index is -0.196. The summed E-state index contributed by atoms with van der Waals surface area (Å²) >= 11 is 0. The molecule has 0 saturated carbocycles. The molecule has 406 valence electrons. The van der Waals surface area contributed by atoms with Gasteiger partial charge in [0.1, 0.15) is 0 Å². The molecule has 0 unspecified atom stereocenters. The molecule has 0 amide bonds. The molecule has 0 atom stereocenters. The monoisotopic (exact) mass is 1090 g/mol.